The molecule has 0 aromatic carbocycles. The van der Waals surface area contributed by atoms with E-state index in [2.05, 4.69) is 6.92 Å². The molecule has 0 aliphatic heterocycles. The number of hydrogen-bond acceptors (Lipinski definition) is 1. The minimum atomic E-state index is -0.570. The summed E-state index contributed by atoms with van der Waals surface area (Å²) in [6, 6.07) is 0. The molecule has 0 N–H and O–H groups in total. The lowest BCUT2D eigenvalue weighted by atomic mass is 10.1. The zero-order valence-corrected chi connectivity index (χ0v) is 9.30. The topological polar surface area (TPSA) is 9.23 Å². The summed E-state index contributed by atoms with van der Waals surface area (Å²) >= 11 is 0. The molecular weight excluding hydrogens is 179 g/mol. The van der Waals surface area contributed by atoms with Gasteiger partial charge >= 0.3 is 0 Å². The van der Waals surface area contributed by atoms with Crippen LogP contribution in [-0.4, -0.2) is 18.9 Å². The third-order valence-corrected chi connectivity index (χ3v) is 2.95. The molecule has 2 atom stereocenters. The minimum absolute atomic E-state index is 0.340. The number of alkyl halides is 1. The van der Waals surface area contributed by atoms with Crippen molar-refractivity contribution >= 4 is 0 Å². The van der Waals surface area contributed by atoms with Gasteiger partial charge in [0.2, 0.25) is 0 Å². The van der Waals surface area contributed by atoms with E-state index >= 15 is 0 Å². The Hall–Kier alpha value is -0.110. The van der Waals surface area contributed by atoms with Crippen LogP contribution in [0.4, 0.5) is 4.39 Å². The molecule has 1 fully saturated rings. The summed E-state index contributed by atoms with van der Waals surface area (Å²) in [6.07, 6.45) is 7.85. The Kier molecular flexibility index (Phi) is 6.17. The average Bonchev–Trinajstić information content (AvgIpc) is 2.38. The lowest BCUT2D eigenvalue weighted by Gasteiger charge is -2.14. The molecule has 1 aliphatic carbocycles. The van der Waals surface area contributed by atoms with Crippen molar-refractivity contribution in [1.82, 2.24) is 0 Å². The molecule has 0 saturated heterocycles. The van der Waals surface area contributed by atoms with Crippen molar-refractivity contribution in [2.45, 2.75) is 70.6 Å². The first kappa shape index (κ1) is 12.0. The molecule has 0 aromatic heterocycles. The Morgan fingerprint density at radius 1 is 1.14 bits per heavy atom. The second kappa shape index (κ2) is 7.22. The molecule has 1 aliphatic rings. The van der Waals surface area contributed by atoms with Crippen molar-refractivity contribution in [2.24, 2.45) is 0 Å². The predicted molar refractivity (Wildman–Crippen MR) is 57.2 cm³/mol. The van der Waals surface area contributed by atoms with E-state index in [0.29, 0.717) is 12.5 Å². The van der Waals surface area contributed by atoms with Crippen LogP contribution in [0.1, 0.15) is 58.3 Å². The van der Waals surface area contributed by atoms with Crippen molar-refractivity contribution in [3.63, 3.8) is 0 Å². The third kappa shape index (κ3) is 4.94. The molecule has 0 amide bonds. The summed E-state index contributed by atoms with van der Waals surface area (Å²) in [4.78, 5) is 0. The molecule has 14 heavy (non-hydrogen) atoms. The first-order valence-corrected chi connectivity index (χ1v) is 6.08. The number of ether oxygens (including phenoxy) is 1. The van der Waals surface area contributed by atoms with E-state index in [9.17, 15) is 4.39 Å². The predicted octanol–water partition coefficient (Wildman–Crippen LogP) is 3.86. The zero-order chi connectivity index (χ0) is 10.2. The van der Waals surface area contributed by atoms with Crippen LogP contribution in [0.15, 0.2) is 0 Å². The molecule has 1 rings (SSSR count). The van der Waals surface area contributed by atoms with Gasteiger partial charge in [-0.3, -0.25) is 0 Å². The van der Waals surface area contributed by atoms with Gasteiger partial charge in [0, 0.05) is 6.61 Å². The van der Waals surface area contributed by atoms with E-state index in [1.165, 1.54) is 12.8 Å². The highest BCUT2D eigenvalue weighted by Crippen LogP contribution is 2.22. The van der Waals surface area contributed by atoms with Crippen LogP contribution in [0.25, 0.3) is 0 Å². The van der Waals surface area contributed by atoms with Gasteiger partial charge in [0.15, 0.2) is 0 Å². The molecule has 1 nitrogen and oxygen atoms in total. The maximum Gasteiger partial charge on any atom is 0.100 e. The van der Waals surface area contributed by atoms with E-state index in [-0.39, 0.29) is 0 Å². The van der Waals surface area contributed by atoms with E-state index in [1.807, 2.05) is 0 Å². The van der Waals surface area contributed by atoms with Crippen LogP contribution in [0, 0.1) is 0 Å². The maximum atomic E-state index is 13.0. The minimum Gasteiger partial charge on any atom is -0.378 e. The Morgan fingerprint density at radius 3 is 2.79 bits per heavy atom. The number of unbranched alkanes of at least 4 members (excludes halogenated alkanes) is 2. The largest absolute Gasteiger partial charge is 0.378 e. The van der Waals surface area contributed by atoms with Crippen LogP contribution in [-0.2, 0) is 4.74 Å². The van der Waals surface area contributed by atoms with Gasteiger partial charge in [-0.25, -0.2) is 4.39 Å². The first-order valence-electron chi connectivity index (χ1n) is 6.08. The van der Waals surface area contributed by atoms with E-state index in [1.54, 1.807) is 0 Å². The number of halogens is 1. The van der Waals surface area contributed by atoms with Gasteiger partial charge in [-0.05, 0) is 38.5 Å². The van der Waals surface area contributed by atoms with Gasteiger partial charge in [0.05, 0.1) is 6.10 Å². The number of hydrogen-bond donors (Lipinski definition) is 0. The number of rotatable bonds is 5. The molecule has 0 aromatic rings. The van der Waals surface area contributed by atoms with Crippen molar-refractivity contribution < 1.29 is 9.13 Å². The van der Waals surface area contributed by atoms with E-state index in [4.69, 9.17) is 4.74 Å². The highest BCUT2D eigenvalue weighted by molar-refractivity contribution is 4.69. The molecule has 1 saturated carbocycles. The quantitative estimate of drug-likeness (QED) is 0.486. The van der Waals surface area contributed by atoms with E-state index < -0.39 is 6.17 Å². The van der Waals surface area contributed by atoms with Crippen LogP contribution in [0.5, 0.6) is 0 Å². The summed E-state index contributed by atoms with van der Waals surface area (Å²) in [5.41, 5.74) is 0. The van der Waals surface area contributed by atoms with Crippen molar-refractivity contribution in [1.29, 1.82) is 0 Å². The van der Waals surface area contributed by atoms with E-state index in [0.717, 1.165) is 38.7 Å². The maximum absolute atomic E-state index is 13.0. The SMILES string of the molecule is CCCCCOC1CCCC(F)CC1. The van der Waals surface area contributed by atoms with Gasteiger partial charge in [-0.15, -0.1) is 0 Å². The Balaban J connectivity index is 2.05. The lowest BCUT2D eigenvalue weighted by molar-refractivity contribution is 0.0398. The summed E-state index contributed by atoms with van der Waals surface area (Å²) < 4.78 is 18.8. The first-order chi connectivity index (χ1) is 6.83. The molecule has 2 heteroatoms. The molecule has 0 spiro atoms. The van der Waals surface area contributed by atoms with Gasteiger partial charge in [0.25, 0.3) is 0 Å². The van der Waals surface area contributed by atoms with Gasteiger partial charge < -0.3 is 4.74 Å². The second-order valence-corrected chi connectivity index (χ2v) is 4.31. The van der Waals surface area contributed by atoms with Crippen LogP contribution in [0.3, 0.4) is 0 Å². The molecule has 0 heterocycles. The van der Waals surface area contributed by atoms with Crippen molar-refractivity contribution in [2.75, 3.05) is 6.61 Å². The van der Waals surface area contributed by atoms with Gasteiger partial charge in [0.1, 0.15) is 6.17 Å². The second-order valence-electron chi connectivity index (χ2n) is 4.31. The van der Waals surface area contributed by atoms with Crippen molar-refractivity contribution in [3.8, 4) is 0 Å². The summed E-state index contributed by atoms with van der Waals surface area (Å²) in [7, 11) is 0. The molecule has 0 bridgehead atoms. The highest BCUT2D eigenvalue weighted by atomic mass is 19.1. The normalized spacial score (nSPS) is 28.7. The van der Waals surface area contributed by atoms with Crippen LogP contribution in [0.2, 0.25) is 0 Å². The standard InChI is InChI=1S/C12H23FO/c1-2-3-4-10-14-12-7-5-6-11(13)8-9-12/h11-12H,2-10H2,1H3. The fraction of sp³-hybridized carbons (Fsp3) is 1.00. The highest BCUT2D eigenvalue weighted by Gasteiger charge is 2.18. The lowest BCUT2D eigenvalue weighted by Crippen LogP contribution is -2.12. The van der Waals surface area contributed by atoms with Gasteiger partial charge in [-0.2, -0.15) is 0 Å². The molecule has 0 radical (unpaired) electrons. The van der Waals surface area contributed by atoms with Gasteiger partial charge in [-0.1, -0.05) is 19.8 Å². The Bertz CT molecular complexity index is 138. The fourth-order valence-corrected chi connectivity index (χ4v) is 1.99. The fourth-order valence-electron chi connectivity index (χ4n) is 1.99. The van der Waals surface area contributed by atoms with Crippen molar-refractivity contribution in [3.05, 3.63) is 0 Å². The summed E-state index contributed by atoms with van der Waals surface area (Å²) in [6.45, 7) is 3.06. The smallest absolute Gasteiger partial charge is 0.100 e. The monoisotopic (exact) mass is 202 g/mol. The molecule has 84 valence electrons. The molecule has 2 unspecified atom stereocenters. The zero-order valence-electron chi connectivity index (χ0n) is 9.30. The van der Waals surface area contributed by atoms with Crippen LogP contribution >= 0.6 is 0 Å². The Labute approximate surface area is 87.0 Å². The summed E-state index contributed by atoms with van der Waals surface area (Å²) in [5.74, 6) is 0. The van der Waals surface area contributed by atoms with Crippen LogP contribution < -0.4 is 0 Å². The Morgan fingerprint density at radius 2 is 2.00 bits per heavy atom. The molecular formula is C12H23FO. The summed E-state index contributed by atoms with van der Waals surface area (Å²) in [5, 5.41) is 0. The third-order valence-electron chi connectivity index (χ3n) is 2.95. The average molecular weight is 202 g/mol.